The van der Waals surface area contributed by atoms with Gasteiger partial charge in [0.05, 0.1) is 16.1 Å². The molecule has 1 aliphatic rings. The lowest BCUT2D eigenvalue weighted by Crippen LogP contribution is -2.43. The van der Waals surface area contributed by atoms with Crippen LogP contribution in [0.25, 0.3) is 11.4 Å². The molecule has 0 atom stereocenters. The van der Waals surface area contributed by atoms with E-state index >= 15 is 0 Å². The maximum atomic E-state index is 14.0. The molecule has 3 aromatic rings. The van der Waals surface area contributed by atoms with Crippen molar-refractivity contribution in [3.63, 3.8) is 0 Å². The number of aryl methyl sites for hydroxylation is 1. The molecule has 0 aliphatic heterocycles. The van der Waals surface area contributed by atoms with Crippen molar-refractivity contribution >= 4 is 11.3 Å². The molecule has 0 radical (unpaired) electrons. The highest BCUT2D eigenvalue weighted by Crippen LogP contribution is 2.52. The molecule has 0 saturated heterocycles. The number of hydrogen-bond donors (Lipinski definition) is 1. The van der Waals surface area contributed by atoms with E-state index in [9.17, 15) is 26.7 Å². The average Bonchev–Trinajstić information content (AvgIpc) is 3.37. The van der Waals surface area contributed by atoms with Crippen molar-refractivity contribution in [2.24, 2.45) is 0 Å². The first-order chi connectivity index (χ1) is 16.1. The fraction of sp³-hybridized carbons (Fsp3) is 0.476. The Hall–Kier alpha value is -2.96. The first-order valence-electron chi connectivity index (χ1n) is 10.4. The van der Waals surface area contributed by atoms with Crippen LogP contribution >= 0.6 is 11.3 Å². The van der Waals surface area contributed by atoms with Crippen LogP contribution in [0.2, 0.25) is 0 Å². The van der Waals surface area contributed by atoms with E-state index in [2.05, 4.69) is 24.4 Å². The quantitative estimate of drug-likeness (QED) is 0.412. The zero-order chi connectivity index (χ0) is 24.5. The zero-order valence-corrected chi connectivity index (χ0v) is 18.7. The van der Waals surface area contributed by atoms with Gasteiger partial charge in [0.1, 0.15) is 28.5 Å². The van der Waals surface area contributed by atoms with Gasteiger partial charge in [-0.05, 0) is 31.9 Å². The van der Waals surface area contributed by atoms with Crippen LogP contribution in [-0.4, -0.2) is 27.9 Å². The second kappa shape index (κ2) is 9.35. The van der Waals surface area contributed by atoms with Crippen molar-refractivity contribution in [2.45, 2.75) is 63.8 Å². The topological polar surface area (TPSA) is 90.2 Å². The van der Waals surface area contributed by atoms with Gasteiger partial charge in [0, 0.05) is 6.07 Å². The Kier molecular flexibility index (Phi) is 6.65. The van der Waals surface area contributed by atoms with Crippen molar-refractivity contribution in [3.05, 3.63) is 44.3 Å². The highest BCUT2D eigenvalue weighted by atomic mass is 32.1. The fourth-order valence-electron chi connectivity index (χ4n) is 4.02. The van der Waals surface area contributed by atoms with Crippen LogP contribution < -0.4 is 15.2 Å². The average molecular weight is 505 g/mol. The Morgan fingerprint density at radius 2 is 1.97 bits per heavy atom. The molecule has 1 saturated carbocycles. The normalized spacial score (nSPS) is 16.1. The predicted octanol–water partition coefficient (Wildman–Crippen LogP) is 5.74. The van der Waals surface area contributed by atoms with E-state index in [0.29, 0.717) is 23.4 Å². The van der Waals surface area contributed by atoms with Gasteiger partial charge < -0.3 is 9.47 Å². The molecule has 0 amide bonds. The molecule has 1 N–H and O–H groups in total. The van der Waals surface area contributed by atoms with Crippen LogP contribution in [-0.2, 0) is 12.0 Å². The van der Waals surface area contributed by atoms with Gasteiger partial charge in [0.15, 0.2) is 5.82 Å². The molecule has 1 fully saturated rings. The Labute approximate surface area is 193 Å². The molecular weight excluding hydrogens is 485 g/mol. The molecule has 184 valence electrons. The summed E-state index contributed by atoms with van der Waals surface area (Å²) in [6.45, 7) is -1.65. The van der Waals surface area contributed by atoms with Crippen molar-refractivity contribution < 1.29 is 35.9 Å². The number of nitrogens with one attached hydrogen (secondary N) is 1. The first-order valence-corrected chi connectivity index (χ1v) is 11.2. The zero-order valence-electron chi connectivity index (χ0n) is 17.9. The lowest BCUT2D eigenvalue weighted by molar-refractivity contribution is -0.199. The second-order valence-electron chi connectivity index (χ2n) is 7.94. The number of benzene rings is 1. The summed E-state index contributed by atoms with van der Waals surface area (Å²) in [5, 5.41) is 3.49. The van der Waals surface area contributed by atoms with Gasteiger partial charge in [-0.15, -0.1) is 11.3 Å². The number of rotatable bonds is 7. The maximum Gasteiger partial charge on any atom is 0.439 e. The van der Waals surface area contributed by atoms with E-state index < -0.39 is 24.0 Å². The standard InChI is InChI=1S/C21H20F5N3O4S/c1-11-15(34-17(27-11)20(21(24,25)26)7-3-2-4-8-20)10-31-12-5-6-13(14(9-12)32-18(22)23)16-28-19(30)33-29-16/h5-6,9,18H,2-4,7-8,10H2,1H3,(H,28,29,30). The van der Waals surface area contributed by atoms with Crippen molar-refractivity contribution in [3.8, 4) is 22.9 Å². The minimum absolute atomic E-state index is 0.00365. The highest BCUT2D eigenvalue weighted by molar-refractivity contribution is 7.11. The van der Waals surface area contributed by atoms with Gasteiger partial charge in [0.2, 0.25) is 0 Å². The molecule has 1 aliphatic carbocycles. The summed E-state index contributed by atoms with van der Waals surface area (Å²) in [5.41, 5.74) is -1.48. The maximum absolute atomic E-state index is 14.0. The smallest absolute Gasteiger partial charge is 0.439 e. The van der Waals surface area contributed by atoms with Gasteiger partial charge in [-0.3, -0.25) is 9.51 Å². The van der Waals surface area contributed by atoms with E-state index in [1.54, 1.807) is 6.92 Å². The van der Waals surface area contributed by atoms with Crippen LogP contribution in [0.5, 0.6) is 11.5 Å². The Morgan fingerprint density at radius 3 is 2.59 bits per heavy atom. The summed E-state index contributed by atoms with van der Waals surface area (Å²) < 4.78 is 82.4. The summed E-state index contributed by atoms with van der Waals surface area (Å²) in [6.07, 6.45) is -2.66. The molecule has 1 aromatic carbocycles. The van der Waals surface area contributed by atoms with Gasteiger partial charge in [-0.2, -0.15) is 22.0 Å². The number of H-pyrrole nitrogens is 1. The van der Waals surface area contributed by atoms with E-state index in [1.165, 1.54) is 18.2 Å². The number of aromatic nitrogens is 3. The van der Waals surface area contributed by atoms with Crippen LogP contribution in [0.4, 0.5) is 22.0 Å². The highest BCUT2D eigenvalue weighted by Gasteiger charge is 2.57. The molecule has 0 bridgehead atoms. The largest absolute Gasteiger partial charge is 0.488 e. The van der Waals surface area contributed by atoms with Crippen LogP contribution in [0.3, 0.4) is 0 Å². The summed E-state index contributed by atoms with van der Waals surface area (Å²) in [4.78, 5) is 18.2. The lowest BCUT2D eigenvalue weighted by atomic mass is 9.74. The summed E-state index contributed by atoms with van der Waals surface area (Å²) in [5.74, 6) is -1.18. The Morgan fingerprint density at radius 1 is 1.24 bits per heavy atom. The van der Waals surface area contributed by atoms with E-state index in [1.807, 2.05) is 0 Å². The van der Waals surface area contributed by atoms with Gasteiger partial charge in [-0.25, -0.2) is 9.78 Å². The molecule has 2 heterocycles. The van der Waals surface area contributed by atoms with Crippen LogP contribution in [0.1, 0.15) is 47.7 Å². The third-order valence-electron chi connectivity index (χ3n) is 5.79. The fourth-order valence-corrected chi connectivity index (χ4v) is 5.26. The van der Waals surface area contributed by atoms with Gasteiger partial charge in [-0.1, -0.05) is 24.4 Å². The third-order valence-corrected chi connectivity index (χ3v) is 7.12. The monoisotopic (exact) mass is 505 g/mol. The van der Waals surface area contributed by atoms with Crippen molar-refractivity contribution in [2.75, 3.05) is 0 Å². The molecule has 34 heavy (non-hydrogen) atoms. The van der Waals surface area contributed by atoms with Crippen LogP contribution in [0, 0.1) is 6.92 Å². The number of ether oxygens (including phenoxy) is 2. The Balaban J connectivity index is 1.57. The summed E-state index contributed by atoms with van der Waals surface area (Å²) in [6, 6.07) is 3.94. The molecule has 0 spiro atoms. The molecule has 13 heteroatoms. The third kappa shape index (κ3) is 4.79. The minimum Gasteiger partial charge on any atom is -0.488 e. The number of nitrogens with zero attached hydrogens (tertiary/aromatic N) is 2. The van der Waals surface area contributed by atoms with Crippen LogP contribution in [0.15, 0.2) is 27.5 Å². The summed E-state index contributed by atoms with van der Waals surface area (Å²) >= 11 is 0.959. The number of thiazole rings is 1. The predicted molar refractivity (Wildman–Crippen MR) is 111 cm³/mol. The van der Waals surface area contributed by atoms with Crippen molar-refractivity contribution in [1.29, 1.82) is 0 Å². The Bertz CT molecular complexity index is 1200. The van der Waals surface area contributed by atoms with E-state index in [0.717, 1.165) is 17.8 Å². The number of halogens is 5. The molecule has 0 unspecified atom stereocenters. The second-order valence-corrected chi connectivity index (χ2v) is 9.02. The molecular formula is C21H20F5N3O4S. The SMILES string of the molecule is Cc1nc(C2(C(F)(F)F)CCCCC2)sc1COc1ccc(-c2noc(=O)[nH]2)c(OC(F)F)c1. The van der Waals surface area contributed by atoms with E-state index in [4.69, 9.17) is 4.74 Å². The number of alkyl halides is 5. The lowest BCUT2D eigenvalue weighted by Gasteiger charge is -2.37. The van der Waals surface area contributed by atoms with Gasteiger partial charge in [0.25, 0.3) is 0 Å². The minimum atomic E-state index is -4.41. The van der Waals surface area contributed by atoms with Gasteiger partial charge >= 0.3 is 18.5 Å². The molecule has 4 rings (SSSR count). The summed E-state index contributed by atoms with van der Waals surface area (Å²) in [7, 11) is 0. The number of hydrogen-bond acceptors (Lipinski definition) is 7. The molecule has 7 nitrogen and oxygen atoms in total. The van der Waals surface area contributed by atoms with Crippen molar-refractivity contribution in [1.82, 2.24) is 15.1 Å². The van der Waals surface area contributed by atoms with E-state index in [-0.39, 0.29) is 47.3 Å². The first kappa shape index (κ1) is 24.2. The number of aromatic amines is 1. The molecule has 2 aromatic heterocycles.